The van der Waals surface area contributed by atoms with Crippen LogP contribution in [-0.4, -0.2) is 76.4 Å². The van der Waals surface area contributed by atoms with Crippen molar-refractivity contribution >= 4 is 26.3 Å². The summed E-state index contributed by atoms with van der Waals surface area (Å²) in [6.07, 6.45) is 3.66. The number of ether oxygens (including phenoxy) is 1. The molecule has 12 nitrogen and oxygen atoms in total. The predicted molar refractivity (Wildman–Crippen MR) is 142 cm³/mol. The molecule has 6 atom stereocenters. The molecule has 1 fully saturated rings. The SMILES string of the molecule is C=C[C@H](N[PH](O)(OCC1CCC(N2C=NC3C(=O)NC(N)=NC32)C1)Oc1ccccc1)C(O)OC(C)C. The van der Waals surface area contributed by atoms with Crippen LogP contribution in [0.5, 0.6) is 5.75 Å². The van der Waals surface area contributed by atoms with E-state index in [2.05, 4.69) is 27.0 Å². The van der Waals surface area contributed by atoms with Crippen molar-refractivity contribution in [1.29, 1.82) is 0 Å². The first-order valence-corrected chi connectivity index (χ1v) is 14.2. The normalized spacial score (nSPS) is 27.4. The summed E-state index contributed by atoms with van der Waals surface area (Å²) in [4.78, 5) is 34.3. The Morgan fingerprint density at radius 1 is 1.35 bits per heavy atom. The first kappa shape index (κ1) is 27.4. The quantitative estimate of drug-likeness (QED) is 0.149. The van der Waals surface area contributed by atoms with Crippen LogP contribution in [0.4, 0.5) is 0 Å². The van der Waals surface area contributed by atoms with Crippen molar-refractivity contribution < 1.29 is 28.6 Å². The second-order valence-corrected chi connectivity index (χ2v) is 11.6. The summed E-state index contributed by atoms with van der Waals surface area (Å²) in [5.74, 6) is 0.395. The minimum absolute atomic E-state index is 0.0974. The maximum atomic E-state index is 12.2. The molecule has 0 bridgehead atoms. The van der Waals surface area contributed by atoms with Crippen LogP contribution >= 0.6 is 8.09 Å². The molecule has 1 aromatic carbocycles. The van der Waals surface area contributed by atoms with Gasteiger partial charge in [0.2, 0.25) is 0 Å². The molecule has 0 radical (unpaired) electrons. The maximum absolute atomic E-state index is 12.2. The molecule has 1 saturated carbocycles. The number of rotatable bonds is 12. The van der Waals surface area contributed by atoms with E-state index in [1.54, 1.807) is 44.5 Å². The third kappa shape index (κ3) is 6.84. The second-order valence-electron chi connectivity index (χ2n) is 9.70. The fraction of sp³-hybridized carbons (Fsp3) is 0.542. The molecule has 1 amide bonds. The molecule has 2 aliphatic heterocycles. The molecule has 4 rings (SSSR count). The third-order valence-electron chi connectivity index (χ3n) is 6.51. The van der Waals surface area contributed by atoms with E-state index in [1.165, 1.54) is 6.08 Å². The molecule has 0 aromatic heterocycles. The Kier molecular flexibility index (Phi) is 8.79. The van der Waals surface area contributed by atoms with E-state index in [4.69, 9.17) is 19.5 Å². The van der Waals surface area contributed by atoms with Gasteiger partial charge < -0.3 is 0 Å². The molecule has 13 heteroatoms. The predicted octanol–water partition coefficient (Wildman–Crippen LogP) is 1.02. The fourth-order valence-corrected chi connectivity index (χ4v) is 6.55. The number of aliphatic hydroxyl groups excluding tert-OH is 1. The first-order chi connectivity index (χ1) is 17.7. The average Bonchev–Trinajstić information content (AvgIpc) is 3.48. The summed E-state index contributed by atoms with van der Waals surface area (Å²) in [6.45, 7) is 7.58. The van der Waals surface area contributed by atoms with Crippen molar-refractivity contribution in [3.8, 4) is 5.75 Å². The van der Waals surface area contributed by atoms with E-state index in [1.807, 2.05) is 11.0 Å². The van der Waals surface area contributed by atoms with Gasteiger partial charge in [-0.25, -0.2) is 0 Å². The number of hydrogen-bond donors (Lipinski definition) is 5. The molecule has 0 saturated heterocycles. The van der Waals surface area contributed by atoms with E-state index >= 15 is 0 Å². The van der Waals surface area contributed by atoms with Crippen molar-refractivity contribution in [3.63, 3.8) is 0 Å². The number of fused-ring (bicyclic) bond motifs is 1. The van der Waals surface area contributed by atoms with E-state index in [-0.39, 0.29) is 36.5 Å². The van der Waals surface area contributed by atoms with Crippen LogP contribution < -0.4 is 20.7 Å². The number of carbonyl (C=O) groups is 1. The van der Waals surface area contributed by atoms with Gasteiger partial charge in [0.25, 0.3) is 0 Å². The standard InChI is InChI=1S/C24H37N6O6P/c1-4-19(23(32)35-15(2)3)29-37(33,36-18-8-6-5-7-9-18)34-13-16-10-11-17(12-16)30-14-26-20-21(30)27-24(25)28-22(20)31/h4-9,14-17,19-21,23,29,32-33,37H,1,10-13H2,2-3H3,(H3,25,27,28,31)/t16?,17?,19-,20?,21?,23?/m0/s1. The Balaban J connectivity index is 1.40. The van der Waals surface area contributed by atoms with E-state index in [9.17, 15) is 14.8 Å². The molecule has 5 unspecified atom stereocenters. The number of nitrogens with two attached hydrogens (primary N) is 1. The Morgan fingerprint density at radius 3 is 2.81 bits per heavy atom. The molecule has 3 aliphatic rings. The summed E-state index contributed by atoms with van der Waals surface area (Å²) in [5, 5.41) is 15.9. The van der Waals surface area contributed by atoms with Gasteiger partial charge in [-0.05, 0) is 0 Å². The van der Waals surface area contributed by atoms with Crippen molar-refractivity contribution in [1.82, 2.24) is 15.3 Å². The zero-order valence-electron chi connectivity index (χ0n) is 21.1. The Labute approximate surface area is 217 Å². The van der Waals surface area contributed by atoms with Crippen LogP contribution in [0, 0.1) is 5.92 Å². The number of para-hydroxylation sites is 1. The number of carbonyl (C=O) groups excluding carboxylic acids is 1. The Bertz CT molecular complexity index is 1010. The second kappa shape index (κ2) is 11.8. The van der Waals surface area contributed by atoms with Gasteiger partial charge in [-0.3, -0.25) is 0 Å². The number of aliphatic hydroxyl groups is 1. The summed E-state index contributed by atoms with van der Waals surface area (Å²) in [6, 6.07) is 7.54. The summed E-state index contributed by atoms with van der Waals surface area (Å²) in [7, 11) is -4.05. The molecule has 6 N–H and O–H groups in total. The topological polar surface area (TPSA) is 163 Å². The van der Waals surface area contributed by atoms with Crippen LogP contribution in [-0.2, 0) is 14.1 Å². The summed E-state index contributed by atoms with van der Waals surface area (Å²) < 4.78 is 17.4. The molecule has 0 spiro atoms. The zero-order valence-corrected chi connectivity index (χ0v) is 22.1. The van der Waals surface area contributed by atoms with Crippen molar-refractivity contribution in [2.45, 2.75) is 69.8 Å². The molecular weight excluding hydrogens is 499 g/mol. The monoisotopic (exact) mass is 536 g/mol. The van der Waals surface area contributed by atoms with Gasteiger partial charge in [0.1, 0.15) is 0 Å². The van der Waals surface area contributed by atoms with Crippen molar-refractivity contribution in [2.24, 2.45) is 21.6 Å². The van der Waals surface area contributed by atoms with Crippen molar-refractivity contribution in [2.75, 3.05) is 6.61 Å². The Morgan fingerprint density at radius 2 is 2.11 bits per heavy atom. The number of benzene rings is 1. The molecule has 1 aromatic rings. The van der Waals surface area contributed by atoms with Gasteiger partial charge in [-0.15, -0.1) is 0 Å². The van der Waals surface area contributed by atoms with Crippen LogP contribution in [0.15, 0.2) is 53.0 Å². The molecular formula is C24H37N6O6P. The van der Waals surface area contributed by atoms with Crippen LogP contribution in [0.25, 0.3) is 0 Å². The molecule has 2 heterocycles. The van der Waals surface area contributed by atoms with Gasteiger partial charge in [0.15, 0.2) is 0 Å². The summed E-state index contributed by atoms with van der Waals surface area (Å²) >= 11 is 0. The fourth-order valence-electron chi connectivity index (χ4n) is 4.75. The van der Waals surface area contributed by atoms with Crippen LogP contribution in [0.3, 0.4) is 0 Å². The minimum atomic E-state index is -4.05. The first-order valence-electron chi connectivity index (χ1n) is 12.5. The Hall–Kier alpha value is -2.60. The van der Waals surface area contributed by atoms with Crippen molar-refractivity contribution in [3.05, 3.63) is 43.0 Å². The van der Waals surface area contributed by atoms with Crippen LogP contribution in [0.1, 0.15) is 33.1 Å². The molecule has 204 valence electrons. The third-order valence-corrected chi connectivity index (χ3v) is 8.28. The number of nitrogens with zero attached hydrogens (tertiary/aromatic N) is 3. The summed E-state index contributed by atoms with van der Waals surface area (Å²) in [5.41, 5.74) is 5.77. The molecule has 1 aliphatic carbocycles. The number of guanidine groups is 1. The van der Waals surface area contributed by atoms with E-state index in [0.717, 1.165) is 19.3 Å². The van der Waals surface area contributed by atoms with E-state index < -0.39 is 32.6 Å². The van der Waals surface area contributed by atoms with Gasteiger partial charge >= 0.3 is 217 Å². The van der Waals surface area contributed by atoms with Gasteiger partial charge in [-0.2, -0.15) is 0 Å². The van der Waals surface area contributed by atoms with Crippen LogP contribution in [0.2, 0.25) is 0 Å². The molecule has 37 heavy (non-hydrogen) atoms. The number of aliphatic imine (C=N–C) groups is 2. The average molecular weight is 537 g/mol. The van der Waals surface area contributed by atoms with Gasteiger partial charge in [0, 0.05) is 0 Å². The van der Waals surface area contributed by atoms with E-state index in [0.29, 0.717) is 5.75 Å². The zero-order chi connectivity index (χ0) is 26.6. The number of nitrogens with one attached hydrogen (secondary N) is 2. The number of hydrogen-bond acceptors (Lipinski definition) is 11. The van der Waals surface area contributed by atoms with Gasteiger partial charge in [0.05, 0.1) is 0 Å². The van der Waals surface area contributed by atoms with Gasteiger partial charge in [-0.1, -0.05) is 0 Å². The number of amides is 1.